The Bertz CT molecular complexity index is 1150. The molecule has 0 aliphatic heterocycles. The largest absolute Gasteiger partial charge is 0.346 e. The fourth-order valence-electron chi connectivity index (χ4n) is 3.50. The van der Waals surface area contributed by atoms with E-state index >= 15 is 0 Å². The van der Waals surface area contributed by atoms with Crippen molar-refractivity contribution in [3.8, 4) is 0 Å². The van der Waals surface area contributed by atoms with E-state index in [1.807, 2.05) is 50.2 Å². The average Bonchev–Trinajstić information content (AvgIpc) is 2.89. The van der Waals surface area contributed by atoms with Crippen molar-refractivity contribution in [3.05, 3.63) is 96.1 Å². The van der Waals surface area contributed by atoms with Crippen LogP contribution in [-0.2, 0) is 11.2 Å². The average molecular weight is 487 g/mol. The highest BCUT2D eigenvalue weighted by Gasteiger charge is 2.25. The molecule has 3 aromatic rings. The monoisotopic (exact) mass is 486 g/mol. The second-order valence-electron chi connectivity index (χ2n) is 8.64. The molecule has 0 aliphatic rings. The fourth-order valence-corrected chi connectivity index (χ4v) is 3.50. The highest BCUT2D eigenvalue weighted by atomic mass is 16.2. The molecule has 3 rings (SSSR count). The number of hydrogen-bond donors (Lipinski definition) is 3. The molecule has 0 saturated heterocycles. The van der Waals surface area contributed by atoms with E-state index in [9.17, 15) is 14.4 Å². The van der Waals surface area contributed by atoms with Gasteiger partial charge >= 0.3 is 0 Å². The summed E-state index contributed by atoms with van der Waals surface area (Å²) in [6, 6.07) is 16.8. The van der Waals surface area contributed by atoms with Gasteiger partial charge in [0, 0.05) is 30.6 Å². The number of carbonyl (C=O) groups excluding carboxylic acids is 3. The van der Waals surface area contributed by atoms with Crippen LogP contribution >= 0.6 is 0 Å². The molecule has 0 aliphatic carbocycles. The predicted octanol–water partition coefficient (Wildman–Crippen LogP) is 2.76. The Kier molecular flexibility index (Phi) is 9.81. The number of hydrogen-bond acceptors (Lipinski definition) is 6. The third kappa shape index (κ3) is 8.43. The zero-order chi connectivity index (χ0) is 25.8. The second-order valence-corrected chi connectivity index (χ2v) is 8.64. The first-order valence-corrected chi connectivity index (χ1v) is 11.7. The van der Waals surface area contributed by atoms with Crippen molar-refractivity contribution in [2.45, 2.75) is 38.8 Å². The zero-order valence-corrected chi connectivity index (χ0v) is 20.3. The Morgan fingerprint density at radius 1 is 0.917 bits per heavy atom. The summed E-state index contributed by atoms with van der Waals surface area (Å²) >= 11 is 0. The van der Waals surface area contributed by atoms with E-state index < -0.39 is 18.0 Å². The first-order valence-electron chi connectivity index (χ1n) is 11.7. The van der Waals surface area contributed by atoms with Gasteiger partial charge in [-0.1, -0.05) is 62.4 Å². The first-order chi connectivity index (χ1) is 17.4. The lowest BCUT2D eigenvalue weighted by Gasteiger charge is -2.22. The van der Waals surface area contributed by atoms with Crippen molar-refractivity contribution in [2.75, 3.05) is 0 Å². The first kappa shape index (κ1) is 26.2. The van der Waals surface area contributed by atoms with Gasteiger partial charge in [-0.05, 0) is 30.0 Å². The fraction of sp³-hybridized carbons (Fsp3) is 0.259. The number of amides is 3. The van der Waals surface area contributed by atoms with Gasteiger partial charge in [-0.3, -0.25) is 19.4 Å². The molecule has 2 unspecified atom stereocenters. The third-order valence-electron chi connectivity index (χ3n) is 5.21. The summed E-state index contributed by atoms with van der Waals surface area (Å²) in [4.78, 5) is 46.2. The Morgan fingerprint density at radius 2 is 1.61 bits per heavy atom. The molecule has 9 heteroatoms. The number of rotatable bonds is 11. The van der Waals surface area contributed by atoms with Gasteiger partial charge in [0.05, 0.1) is 12.2 Å². The lowest BCUT2D eigenvalue weighted by atomic mass is 10.0. The van der Waals surface area contributed by atoms with Crippen LogP contribution < -0.4 is 16.1 Å². The minimum atomic E-state index is -0.858. The Hall–Kier alpha value is -4.40. The molecular formula is C27H30N6O3. The van der Waals surface area contributed by atoms with Crippen LogP contribution in [0.25, 0.3) is 0 Å². The van der Waals surface area contributed by atoms with E-state index in [1.165, 1.54) is 24.8 Å². The minimum absolute atomic E-state index is 0.118. The lowest BCUT2D eigenvalue weighted by molar-refractivity contribution is -0.123. The van der Waals surface area contributed by atoms with Crippen molar-refractivity contribution in [2.24, 2.45) is 11.0 Å². The van der Waals surface area contributed by atoms with Gasteiger partial charge in [-0.25, -0.2) is 10.4 Å². The SMILES string of the molecule is CC(C)CC(C=NNC(=O)c1ccccc1)NC(=O)C(Cc1ccccc1)NC(=O)c1cnccn1. The van der Waals surface area contributed by atoms with Crippen LogP contribution in [0.4, 0.5) is 0 Å². The molecule has 0 fully saturated rings. The van der Waals surface area contributed by atoms with Crippen molar-refractivity contribution in [1.29, 1.82) is 0 Å². The highest BCUT2D eigenvalue weighted by Crippen LogP contribution is 2.08. The van der Waals surface area contributed by atoms with Crippen LogP contribution in [-0.4, -0.2) is 46.0 Å². The van der Waals surface area contributed by atoms with Crippen LogP contribution in [0.3, 0.4) is 0 Å². The number of benzene rings is 2. The van der Waals surface area contributed by atoms with Crippen molar-refractivity contribution in [1.82, 2.24) is 26.0 Å². The maximum Gasteiger partial charge on any atom is 0.272 e. The van der Waals surface area contributed by atoms with Gasteiger partial charge in [0.25, 0.3) is 11.8 Å². The number of carbonyl (C=O) groups is 3. The number of aromatic nitrogens is 2. The summed E-state index contributed by atoms with van der Waals surface area (Å²) in [7, 11) is 0. The van der Waals surface area contributed by atoms with Crippen LogP contribution in [0.1, 0.15) is 46.7 Å². The normalized spacial score (nSPS) is 12.6. The molecule has 0 saturated carbocycles. The maximum absolute atomic E-state index is 13.3. The summed E-state index contributed by atoms with van der Waals surface area (Å²) < 4.78 is 0. The predicted molar refractivity (Wildman–Crippen MR) is 137 cm³/mol. The summed E-state index contributed by atoms with van der Waals surface area (Å²) in [6.45, 7) is 4.04. The summed E-state index contributed by atoms with van der Waals surface area (Å²) in [5.41, 5.74) is 3.98. The number of hydrazone groups is 1. The molecular weight excluding hydrogens is 456 g/mol. The van der Waals surface area contributed by atoms with E-state index in [0.29, 0.717) is 12.0 Å². The molecule has 3 N–H and O–H groups in total. The topological polar surface area (TPSA) is 125 Å². The van der Waals surface area contributed by atoms with E-state index in [2.05, 4.69) is 31.1 Å². The molecule has 1 aromatic heterocycles. The molecule has 36 heavy (non-hydrogen) atoms. The van der Waals surface area contributed by atoms with Gasteiger partial charge in [-0.15, -0.1) is 0 Å². The molecule has 0 spiro atoms. The van der Waals surface area contributed by atoms with Crippen LogP contribution in [0.15, 0.2) is 84.4 Å². The van der Waals surface area contributed by atoms with E-state index in [4.69, 9.17) is 0 Å². The Morgan fingerprint density at radius 3 is 2.25 bits per heavy atom. The molecule has 3 amide bonds. The number of nitrogens with one attached hydrogen (secondary N) is 3. The quantitative estimate of drug-likeness (QED) is 0.284. The highest BCUT2D eigenvalue weighted by molar-refractivity contribution is 5.97. The smallest absolute Gasteiger partial charge is 0.272 e. The van der Waals surface area contributed by atoms with Gasteiger partial charge in [0.1, 0.15) is 11.7 Å². The van der Waals surface area contributed by atoms with Gasteiger partial charge < -0.3 is 10.6 Å². The summed E-state index contributed by atoms with van der Waals surface area (Å²) in [6.07, 6.45) is 6.61. The molecule has 2 atom stereocenters. The van der Waals surface area contributed by atoms with Gasteiger partial charge in [-0.2, -0.15) is 5.10 Å². The van der Waals surface area contributed by atoms with Crippen molar-refractivity contribution < 1.29 is 14.4 Å². The maximum atomic E-state index is 13.3. The van der Waals surface area contributed by atoms with E-state index in [-0.39, 0.29) is 29.8 Å². The van der Waals surface area contributed by atoms with E-state index in [1.54, 1.807) is 24.3 Å². The third-order valence-corrected chi connectivity index (χ3v) is 5.21. The molecule has 1 heterocycles. The Labute approximate surface area is 210 Å². The van der Waals surface area contributed by atoms with Gasteiger partial charge in [0.2, 0.25) is 5.91 Å². The zero-order valence-electron chi connectivity index (χ0n) is 20.3. The lowest BCUT2D eigenvalue weighted by Crippen LogP contribution is -2.51. The molecule has 0 radical (unpaired) electrons. The van der Waals surface area contributed by atoms with Gasteiger partial charge in [0.15, 0.2) is 0 Å². The van der Waals surface area contributed by atoms with E-state index in [0.717, 1.165) is 5.56 Å². The van der Waals surface area contributed by atoms with Crippen LogP contribution in [0.2, 0.25) is 0 Å². The molecule has 2 aromatic carbocycles. The number of nitrogens with zero attached hydrogens (tertiary/aromatic N) is 3. The standard InChI is InChI=1S/C27H30N6O3/c1-19(2)15-22(17-30-33-25(34)21-11-7-4-8-12-21)31-26(35)23(16-20-9-5-3-6-10-20)32-27(36)24-18-28-13-14-29-24/h3-14,17-19,22-23H,15-16H2,1-2H3,(H,31,35)(H,32,36)(H,33,34). The van der Waals surface area contributed by atoms with Crippen LogP contribution in [0, 0.1) is 5.92 Å². The van der Waals surface area contributed by atoms with Crippen molar-refractivity contribution in [3.63, 3.8) is 0 Å². The summed E-state index contributed by atoms with van der Waals surface area (Å²) in [5.74, 6) is -0.973. The second kappa shape index (κ2) is 13.5. The summed E-state index contributed by atoms with van der Waals surface area (Å²) in [5, 5.41) is 9.78. The minimum Gasteiger partial charge on any atom is -0.346 e. The van der Waals surface area contributed by atoms with Crippen LogP contribution in [0.5, 0.6) is 0 Å². The molecule has 9 nitrogen and oxygen atoms in total. The molecule has 0 bridgehead atoms. The van der Waals surface area contributed by atoms with Crippen molar-refractivity contribution >= 4 is 23.9 Å². The molecule has 186 valence electrons. The Balaban J connectivity index is 1.71.